The standard InChI is InChI=1S/C24H35N3O3/c1-23(2,3)30-22(28)27-12-8-19(9-13-27)24(4)15-18-14-20(25-16-21(18)29-24)17-6-10-26(5)11-7-17/h6,14,16,19H,7-13,15H2,1-5H3. The molecule has 1 atom stereocenters. The summed E-state index contributed by atoms with van der Waals surface area (Å²) in [6.07, 6.45) is 7.81. The number of ether oxygens (including phenoxy) is 2. The van der Waals surface area contributed by atoms with Gasteiger partial charge in [0.15, 0.2) is 0 Å². The van der Waals surface area contributed by atoms with Crippen LogP contribution in [0.15, 0.2) is 18.3 Å². The van der Waals surface area contributed by atoms with E-state index in [0.29, 0.717) is 5.92 Å². The highest BCUT2D eigenvalue weighted by Crippen LogP contribution is 2.43. The van der Waals surface area contributed by atoms with Crippen LogP contribution in [0.1, 0.15) is 58.2 Å². The molecule has 0 spiro atoms. The second kappa shape index (κ2) is 7.88. The summed E-state index contributed by atoms with van der Waals surface area (Å²) >= 11 is 0. The number of piperidine rings is 1. The molecule has 164 valence electrons. The lowest BCUT2D eigenvalue weighted by Crippen LogP contribution is -2.48. The lowest BCUT2D eigenvalue weighted by atomic mass is 9.79. The molecule has 3 aliphatic rings. The van der Waals surface area contributed by atoms with Crippen LogP contribution in [0.5, 0.6) is 5.75 Å². The fourth-order valence-electron chi connectivity index (χ4n) is 4.79. The predicted molar refractivity (Wildman–Crippen MR) is 118 cm³/mol. The number of nitrogens with zero attached hydrogens (tertiary/aromatic N) is 3. The average molecular weight is 414 g/mol. The Labute approximate surface area is 180 Å². The molecule has 0 aromatic carbocycles. The zero-order valence-corrected chi connectivity index (χ0v) is 19.0. The van der Waals surface area contributed by atoms with Crippen molar-refractivity contribution < 1.29 is 14.3 Å². The lowest BCUT2D eigenvalue weighted by Gasteiger charge is -2.40. The minimum Gasteiger partial charge on any atom is -0.485 e. The molecule has 0 radical (unpaired) electrons. The highest BCUT2D eigenvalue weighted by molar-refractivity contribution is 5.68. The first-order valence-corrected chi connectivity index (χ1v) is 11.2. The molecule has 0 saturated carbocycles. The van der Waals surface area contributed by atoms with E-state index < -0.39 is 5.60 Å². The smallest absolute Gasteiger partial charge is 0.410 e. The van der Waals surface area contributed by atoms with Crippen molar-refractivity contribution >= 4 is 11.7 Å². The van der Waals surface area contributed by atoms with Gasteiger partial charge in [0.2, 0.25) is 0 Å². The van der Waals surface area contributed by atoms with E-state index in [9.17, 15) is 4.79 Å². The van der Waals surface area contributed by atoms with Crippen molar-refractivity contribution in [1.29, 1.82) is 0 Å². The van der Waals surface area contributed by atoms with E-state index in [1.54, 1.807) is 0 Å². The van der Waals surface area contributed by atoms with Gasteiger partial charge >= 0.3 is 6.09 Å². The van der Waals surface area contributed by atoms with E-state index >= 15 is 0 Å². The van der Waals surface area contributed by atoms with Gasteiger partial charge in [-0.25, -0.2) is 4.79 Å². The van der Waals surface area contributed by atoms with Crippen molar-refractivity contribution in [2.75, 3.05) is 33.2 Å². The number of fused-ring (bicyclic) bond motifs is 1. The van der Waals surface area contributed by atoms with Gasteiger partial charge in [0.25, 0.3) is 0 Å². The molecular weight excluding hydrogens is 378 g/mol. The molecule has 6 heteroatoms. The van der Waals surface area contributed by atoms with Gasteiger partial charge in [-0.15, -0.1) is 0 Å². The first-order chi connectivity index (χ1) is 14.1. The van der Waals surface area contributed by atoms with E-state index in [4.69, 9.17) is 14.5 Å². The van der Waals surface area contributed by atoms with Crippen LogP contribution in [0.25, 0.3) is 5.57 Å². The molecule has 1 aromatic heterocycles. The van der Waals surface area contributed by atoms with Crippen molar-refractivity contribution in [3.05, 3.63) is 29.6 Å². The van der Waals surface area contributed by atoms with Gasteiger partial charge in [0, 0.05) is 44.1 Å². The highest BCUT2D eigenvalue weighted by atomic mass is 16.6. The number of aromatic nitrogens is 1. The molecule has 1 unspecified atom stereocenters. The molecule has 0 bridgehead atoms. The number of carbonyl (C=O) groups excluding carboxylic acids is 1. The summed E-state index contributed by atoms with van der Waals surface area (Å²) in [5, 5.41) is 0. The Bertz CT molecular complexity index is 837. The van der Waals surface area contributed by atoms with Crippen LogP contribution in [0.2, 0.25) is 0 Å². The molecule has 0 aliphatic carbocycles. The molecule has 4 rings (SSSR count). The summed E-state index contributed by atoms with van der Waals surface area (Å²) in [6, 6.07) is 2.23. The van der Waals surface area contributed by atoms with Gasteiger partial charge in [-0.2, -0.15) is 0 Å². The van der Waals surface area contributed by atoms with Crippen molar-refractivity contribution in [3.8, 4) is 5.75 Å². The second-order valence-electron chi connectivity index (χ2n) is 10.3. The van der Waals surface area contributed by atoms with Crippen LogP contribution in [0.4, 0.5) is 4.79 Å². The molecule has 1 fully saturated rings. The lowest BCUT2D eigenvalue weighted by molar-refractivity contribution is -0.00829. The van der Waals surface area contributed by atoms with E-state index in [2.05, 4.69) is 31.0 Å². The molecule has 30 heavy (non-hydrogen) atoms. The number of pyridine rings is 1. The Morgan fingerprint density at radius 2 is 2.00 bits per heavy atom. The molecule has 1 saturated heterocycles. The number of hydrogen-bond acceptors (Lipinski definition) is 5. The minimum atomic E-state index is -0.454. The first kappa shape index (κ1) is 21.2. The van der Waals surface area contributed by atoms with Crippen LogP contribution < -0.4 is 4.74 Å². The maximum absolute atomic E-state index is 12.4. The van der Waals surface area contributed by atoms with Crippen molar-refractivity contribution in [2.24, 2.45) is 5.92 Å². The monoisotopic (exact) mass is 413 g/mol. The van der Waals surface area contributed by atoms with Crippen LogP contribution in [0, 0.1) is 5.92 Å². The highest BCUT2D eigenvalue weighted by Gasteiger charge is 2.44. The van der Waals surface area contributed by atoms with Crippen molar-refractivity contribution in [1.82, 2.24) is 14.8 Å². The van der Waals surface area contributed by atoms with E-state index in [1.807, 2.05) is 31.9 Å². The van der Waals surface area contributed by atoms with Crippen LogP contribution in [-0.2, 0) is 11.2 Å². The summed E-state index contributed by atoms with van der Waals surface area (Å²) < 4.78 is 12.0. The number of carbonyl (C=O) groups is 1. The molecule has 4 heterocycles. The third-order valence-corrected chi connectivity index (χ3v) is 6.58. The number of hydrogen-bond donors (Lipinski definition) is 0. The average Bonchev–Trinajstić information content (AvgIpc) is 3.04. The topological polar surface area (TPSA) is 54.9 Å². The molecule has 3 aliphatic heterocycles. The summed E-state index contributed by atoms with van der Waals surface area (Å²) in [7, 11) is 2.15. The van der Waals surface area contributed by atoms with Crippen LogP contribution in [0.3, 0.4) is 0 Å². The van der Waals surface area contributed by atoms with Crippen LogP contribution >= 0.6 is 0 Å². The molecule has 1 aromatic rings. The number of rotatable bonds is 2. The summed E-state index contributed by atoms with van der Waals surface area (Å²) in [5.41, 5.74) is 3.01. The zero-order chi connectivity index (χ0) is 21.5. The fraction of sp³-hybridized carbons (Fsp3) is 0.667. The fourth-order valence-corrected chi connectivity index (χ4v) is 4.79. The van der Waals surface area contributed by atoms with Gasteiger partial charge in [-0.3, -0.25) is 4.98 Å². The Morgan fingerprint density at radius 1 is 1.27 bits per heavy atom. The summed E-state index contributed by atoms with van der Waals surface area (Å²) in [4.78, 5) is 21.2. The summed E-state index contributed by atoms with van der Waals surface area (Å²) in [6.45, 7) is 11.4. The molecule has 0 N–H and O–H groups in total. The SMILES string of the molecule is CN1CC=C(c2cc3c(cn2)OC(C)(C2CCN(C(=O)OC(C)(C)C)CC2)C3)CC1. The Balaban J connectivity index is 1.39. The first-order valence-electron chi connectivity index (χ1n) is 11.2. The van der Waals surface area contributed by atoms with Gasteiger partial charge in [0.1, 0.15) is 17.0 Å². The molecule has 6 nitrogen and oxygen atoms in total. The maximum Gasteiger partial charge on any atom is 0.410 e. The molecular formula is C24H35N3O3. The third kappa shape index (κ3) is 4.48. The maximum atomic E-state index is 12.4. The largest absolute Gasteiger partial charge is 0.485 e. The number of amides is 1. The second-order valence-corrected chi connectivity index (χ2v) is 10.3. The minimum absolute atomic E-state index is 0.207. The third-order valence-electron chi connectivity index (χ3n) is 6.58. The van der Waals surface area contributed by atoms with Crippen LogP contribution in [-0.4, -0.2) is 65.3 Å². The van der Waals surface area contributed by atoms with E-state index in [-0.39, 0.29) is 11.7 Å². The predicted octanol–water partition coefficient (Wildman–Crippen LogP) is 4.14. The van der Waals surface area contributed by atoms with Gasteiger partial charge in [0.05, 0.1) is 11.9 Å². The molecule has 1 amide bonds. The summed E-state index contributed by atoms with van der Waals surface area (Å²) in [5.74, 6) is 1.33. The van der Waals surface area contributed by atoms with Crippen molar-refractivity contribution in [2.45, 2.75) is 64.6 Å². The normalized spacial score (nSPS) is 25.5. The van der Waals surface area contributed by atoms with E-state index in [0.717, 1.165) is 63.3 Å². The van der Waals surface area contributed by atoms with Gasteiger partial charge in [-0.1, -0.05) is 6.08 Å². The van der Waals surface area contributed by atoms with Crippen molar-refractivity contribution in [3.63, 3.8) is 0 Å². The zero-order valence-electron chi connectivity index (χ0n) is 19.0. The van der Waals surface area contributed by atoms with Gasteiger partial charge in [-0.05, 0) is 65.6 Å². The van der Waals surface area contributed by atoms with E-state index in [1.165, 1.54) is 11.1 Å². The Hall–Kier alpha value is -2.08. The van der Waals surface area contributed by atoms with Gasteiger partial charge < -0.3 is 19.3 Å². The number of likely N-dealkylation sites (tertiary alicyclic amines) is 1. The quantitative estimate of drug-likeness (QED) is 0.729. The number of likely N-dealkylation sites (N-methyl/N-ethyl adjacent to an activating group) is 1. The Morgan fingerprint density at radius 3 is 2.63 bits per heavy atom. The Kier molecular flexibility index (Phi) is 5.56.